The van der Waals surface area contributed by atoms with Crippen LogP contribution in [0.4, 0.5) is 8.78 Å². The van der Waals surface area contributed by atoms with Gasteiger partial charge in [-0.1, -0.05) is 12.1 Å². The zero-order chi connectivity index (χ0) is 15.5. The number of rotatable bonds is 5. The number of hydrogen-bond donors (Lipinski definition) is 1. The zero-order valence-corrected chi connectivity index (χ0v) is 12.3. The summed E-state index contributed by atoms with van der Waals surface area (Å²) in [6.45, 7) is 0.200. The van der Waals surface area contributed by atoms with Crippen molar-refractivity contribution in [1.29, 1.82) is 0 Å². The van der Waals surface area contributed by atoms with Crippen molar-refractivity contribution < 1.29 is 22.0 Å². The topological polar surface area (TPSA) is 63.2 Å². The minimum atomic E-state index is -4.82. The van der Waals surface area contributed by atoms with Crippen molar-refractivity contribution in [2.24, 2.45) is 0 Å². The summed E-state index contributed by atoms with van der Waals surface area (Å²) in [6.07, 6.45) is 0. The molecule has 1 amide bonds. The van der Waals surface area contributed by atoms with Crippen LogP contribution in [-0.4, -0.2) is 20.1 Å². The highest BCUT2D eigenvalue weighted by Crippen LogP contribution is 2.22. The van der Waals surface area contributed by atoms with E-state index in [9.17, 15) is 22.0 Å². The minimum Gasteiger partial charge on any atom is -0.348 e. The van der Waals surface area contributed by atoms with Crippen LogP contribution in [0, 0.1) is 0 Å². The molecule has 0 aliphatic rings. The monoisotopic (exact) mass is 331 g/mol. The van der Waals surface area contributed by atoms with Crippen LogP contribution in [0.3, 0.4) is 0 Å². The Hall–Kier alpha value is -1.80. The van der Waals surface area contributed by atoms with Crippen LogP contribution >= 0.6 is 11.3 Å². The molecule has 0 radical (unpaired) electrons. The second-order valence-electron chi connectivity index (χ2n) is 4.12. The van der Waals surface area contributed by atoms with E-state index in [1.54, 1.807) is 6.07 Å². The predicted molar refractivity (Wildman–Crippen MR) is 75.1 cm³/mol. The number of hydrogen-bond acceptors (Lipinski definition) is 4. The van der Waals surface area contributed by atoms with Gasteiger partial charge in [-0.05, 0) is 34.5 Å². The molecule has 1 aromatic heterocycles. The van der Waals surface area contributed by atoms with Gasteiger partial charge in [-0.25, -0.2) is 8.42 Å². The van der Waals surface area contributed by atoms with Gasteiger partial charge in [-0.15, -0.1) is 0 Å². The predicted octanol–water partition coefficient (Wildman–Crippen LogP) is 2.67. The average Bonchev–Trinajstić information content (AvgIpc) is 2.98. The van der Waals surface area contributed by atoms with Crippen LogP contribution in [0.2, 0.25) is 0 Å². The lowest BCUT2D eigenvalue weighted by molar-refractivity contribution is 0.0947. The summed E-state index contributed by atoms with van der Waals surface area (Å²) in [4.78, 5) is 11.3. The molecule has 0 bridgehead atoms. The maximum Gasteiger partial charge on any atom is 0.341 e. The van der Waals surface area contributed by atoms with E-state index in [0.717, 1.165) is 11.6 Å². The molecule has 0 saturated carbocycles. The summed E-state index contributed by atoms with van der Waals surface area (Å²) in [5.74, 6) is -4.27. The summed E-state index contributed by atoms with van der Waals surface area (Å²) in [5.41, 5.74) is 0.565. The molecule has 1 heterocycles. The molecule has 0 aliphatic heterocycles. The third kappa shape index (κ3) is 3.45. The Morgan fingerprint density at radius 1 is 1.24 bits per heavy atom. The van der Waals surface area contributed by atoms with Crippen LogP contribution in [0.1, 0.15) is 15.9 Å². The van der Waals surface area contributed by atoms with Gasteiger partial charge in [-0.2, -0.15) is 20.1 Å². The Morgan fingerprint density at radius 3 is 2.57 bits per heavy atom. The molecule has 0 unspecified atom stereocenters. The number of halogens is 2. The largest absolute Gasteiger partial charge is 0.348 e. The molecular weight excluding hydrogens is 320 g/mol. The maximum absolute atomic E-state index is 12.6. The second kappa shape index (κ2) is 6.31. The number of sulfone groups is 1. The van der Waals surface area contributed by atoms with Crippen molar-refractivity contribution in [3.63, 3.8) is 0 Å². The molecule has 4 nitrogen and oxygen atoms in total. The zero-order valence-electron chi connectivity index (χ0n) is 10.6. The number of carbonyl (C=O) groups is 1. The van der Waals surface area contributed by atoms with E-state index in [0.29, 0.717) is 0 Å². The lowest BCUT2D eigenvalue weighted by Gasteiger charge is -2.10. The van der Waals surface area contributed by atoms with Gasteiger partial charge >= 0.3 is 5.76 Å². The molecule has 0 fully saturated rings. The SMILES string of the molecule is O=C(NCc1ccsc1)c1ccccc1S(=O)(=O)C(F)F. The molecule has 0 saturated heterocycles. The third-order valence-corrected chi connectivity index (χ3v) is 4.88. The lowest BCUT2D eigenvalue weighted by Crippen LogP contribution is -2.25. The Balaban J connectivity index is 2.26. The van der Waals surface area contributed by atoms with Crippen LogP contribution in [0.15, 0.2) is 46.0 Å². The number of alkyl halides is 2. The first-order valence-corrected chi connectivity index (χ1v) is 8.32. The molecule has 1 aromatic carbocycles. The number of benzene rings is 1. The fourth-order valence-corrected chi connectivity index (χ4v) is 3.27. The molecule has 8 heteroatoms. The summed E-state index contributed by atoms with van der Waals surface area (Å²) < 4.78 is 48.4. The standard InChI is InChI=1S/C13H11F2NO3S2/c14-13(15)21(18,19)11-4-2-1-3-10(11)12(17)16-7-9-5-6-20-8-9/h1-6,8,13H,7H2,(H,16,17). The summed E-state index contributed by atoms with van der Waals surface area (Å²) in [7, 11) is -4.82. The summed E-state index contributed by atoms with van der Waals surface area (Å²) >= 11 is 1.45. The number of thiophene rings is 1. The molecule has 21 heavy (non-hydrogen) atoms. The van der Waals surface area contributed by atoms with Crippen molar-refractivity contribution in [2.45, 2.75) is 17.2 Å². The van der Waals surface area contributed by atoms with Crippen molar-refractivity contribution >= 4 is 27.1 Å². The Kier molecular flexibility index (Phi) is 4.69. The minimum absolute atomic E-state index is 0.200. The van der Waals surface area contributed by atoms with E-state index in [-0.39, 0.29) is 12.1 Å². The van der Waals surface area contributed by atoms with Crippen molar-refractivity contribution in [3.8, 4) is 0 Å². The molecule has 112 valence electrons. The van der Waals surface area contributed by atoms with Crippen LogP contribution in [-0.2, 0) is 16.4 Å². The van der Waals surface area contributed by atoms with E-state index in [2.05, 4.69) is 5.32 Å². The maximum atomic E-state index is 12.6. The lowest BCUT2D eigenvalue weighted by atomic mass is 10.2. The van der Waals surface area contributed by atoms with Gasteiger partial charge in [0.25, 0.3) is 5.91 Å². The quantitative estimate of drug-likeness (QED) is 0.916. The van der Waals surface area contributed by atoms with Gasteiger partial charge in [0, 0.05) is 6.54 Å². The van der Waals surface area contributed by atoms with E-state index in [4.69, 9.17) is 0 Å². The highest BCUT2D eigenvalue weighted by atomic mass is 32.2. The molecule has 2 rings (SSSR count). The molecule has 2 aromatic rings. The van der Waals surface area contributed by atoms with Gasteiger partial charge in [0.1, 0.15) is 0 Å². The number of nitrogens with one attached hydrogen (secondary N) is 1. The molecular formula is C13H11F2NO3S2. The average molecular weight is 331 g/mol. The van der Waals surface area contributed by atoms with E-state index in [1.165, 1.54) is 29.5 Å². The fourth-order valence-electron chi connectivity index (χ4n) is 1.67. The van der Waals surface area contributed by atoms with E-state index in [1.807, 2.05) is 10.8 Å². The van der Waals surface area contributed by atoms with E-state index >= 15 is 0 Å². The third-order valence-electron chi connectivity index (χ3n) is 2.71. The van der Waals surface area contributed by atoms with Gasteiger partial charge in [0.15, 0.2) is 0 Å². The molecule has 0 atom stereocenters. The Labute approximate surface area is 124 Å². The summed E-state index contributed by atoms with van der Waals surface area (Å²) in [5, 5.41) is 6.16. The van der Waals surface area contributed by atoms with Crippen molar-refractivity contribution in [3.05, 3.63) is 52.2 Å². The van der Waals surface area contributed by atoms with Gasteiger partial charge in [0.2, 0.25) is 9.84 Å². The second-order valence-corrected chi connectivity index (χ2v) is 6.78. The summed E-state index contributed by atoms with van der Waals surface area (Å²) in [6, 6.07) is 6.72. The molecule has 1 N–H and O–H groups in total. The van der Waals surface area contributed by atoms with Gasteiger partial charge in [-0.3, -0.25) is 4.79 Å². The highest BCUT2D eigenvalue weighted by molar-refractivity contribution is 7.91. The smallest absolute Gasteiger partial charge is 0.341 e. The number of carbonyl (C=O) groups excluding carboxylic acids is 1. The van der Waals surface area contributed by atoms with Crippen LogP contribution in [0.25, 0.3) is 0 Å². The van der Waals surface area contributed by atoms with Crippen LogP contribution in [0.5, 0.6) is 0 Å². The number of amides is 1. The normalized spacial score (nSPS) is 11.6. The molecule has 0 spiro atoms. The van der Waals surface area contributed by atoms with Gasteiger partial charge in [0.05, 0.1) is 10.5 Å². The van der Waals surface area contributed by atoms with Crippen molar-refractivity contribution in [1.82, 2.24) is 5.32 Å². The Bertz CT molecular complexity index is 728. The van der Waals surface area contributed by atoms with Gasteiger partial charge < -0.3 is 5.32 Å². The first-order chi connectivity index (χ1) is 9.93. The molecule has 0 aliphatic carbocycles. The van der Waals surface area contributed by atoms with Crippen molar-refractivity contribution in [2.75, 3.05) is 0 Å². The van der Waals surface area contributed by atoms with E-state index < -0.39 is 26.4 Å². The Morgan fingerprint density at radius 2 is 1.95 bits per heavy atom. The first kappa shape index (κ1) is 15.6. The van der Waals surface area contributed by atoms with Crippen LogP contribution < -0.4 is 5.32 Å². The highest BCUT2D eigenvalue weighted by Gasteiger charge is 2.30. The fraction of sp³-hybridized carbons (Fsp3) is 0.154. The first-order valence-electron chi connectivity index (χ1n) is 5.83.